The van der Waals surface area contributed by atoms with E-state index < -0.39 is 0 Å². The highest BCUT2D eigenvalue weighted by atomic mass is 15.2. The molecule has 0 amide bonds. The first-order chi connectivity index (χ1) is 13.4. The fraction of sp³-hybridized carbons (Fsp3) is 0.273. The molecule has 5 nitrogen and oxygen atoms in total. The van der Waals surface area contributed by atoms with Crippen LogP contribution in [0.5, 0.6) is 0 Å². The molecule has 0 spiro atoms. The van der Waals surface area contributed by atoms with Crippen molar-refractivity contribution in [1.29, 1.82) is 0 Å². The lowest BCUT2D eigenvalue weighted by Gasteiger charge is -2.33. The van der Waals surface area contributed by atoms with Crippen molar-refractivity contribution in [3.8, 4) is 11.5 Å². The molecular weight excluding hydrogens is 334 g/mol. The molecule has 0 atom stereocenters. The lowest BCUT2D eigenvalue weighted by atomic mass is 10.0. The number of fused-ring (bicyclic) bond motifs is 1. The summed E-state index contributed by atoms with van der Waals surface area (Å²) in [5.74, 6) is 1.01. The Labute approximate surface area is 158 Å². The van der Waals surface area contributed by atoms with E-state index in [1.54, 1.807) is 0 Å². The molecule has 0 N–H and O–H groups in total. The van der Waals surface area contributed by atoms with Crippen LogP contribution in [0.25, 0.3) is 17.0 Å². The normalized spacial score (nSPS) is 16.1. The smallest absolute Gasteiger partial charge is 0.158 e. The van der Waals surface area contributed by atoms with E-state index in [1.165, 1.54) is 5.56 Å². The van der Waals surface area contributed by atoms with Crippen LogP contribution in [0.1, 0.15) is 24.4 Å². The number of pyridine rings is 1. The monoisotopic (exact) mass is 357 g/mol. The first-order valence-electron chi connectivity index (χ1n) is 9.61. The first kappa shape index (κ1) is 16.3. The average Bonchev–Trinajstić information content (AvgIpc) is 3.39. The number of nitrogens with zero attached hydrogens (tertiary/aromatic N) is 5. The zero-order chi connectivity index (χ0) is 18.1. The van der Waals surface area contributed by atoms with E-state index in [9.17, 15) is 0 Å². The van der Waals surface area contributed by atoms with Crippen LogP contribution in [0.2, 0.25) is 0 Å². The van der Waals surface area contributed by atoms with Crippen molar-refractivity contribution >= 4 is 5.52 Å². The van der Waals surface area contributed by atoms with Gasteiger partial charge in [-0.25, -0.2) is 9.50 Å². The van der Waals surface area contributed by atoms with Crippen LogP contribution in [0.4, 0.5) is 0 Å². The SMILES string of the molecule is c1ccc(CN2CCC(n3ccnc3-c3cccc4ccnn34)CC2)cc1. The minimum absolute atomic E-state index is 0.486. The molecule has 0 radical (unpaired) electrons. The molecule has 1 fully saturated rings. The molecule has 0 bridgehead atoms. The number of likely N-dealkylation sites (tertiary alicyclic amines) is 1. The second-order valence-corrected chi connectivity index (χ2v) is 7.23. The van der Waals surface area contributed by atoms with E-state index in [-0.39, 0.29) is 0 Å². The molecule has 136 valence electrons. The number of imidazole rings is 1. The van der Waals surface area contributed by atoms with Crippen LogP contribution in [-0.4, -0.2) is 37.2 Å². The van der Waals surface area contributed by atoms with Gasteiger partial charge in [0.25, 0.3) is 0 Å². The van der Waals surface area contributed by atoms with Crippen molar-refractivity contribution in [3.05, 3.63) is 78.8 Å². The number of rotatable bonds is 4. The van der Waals surface area contributed by atoms with Crippen LogP contribution in [0.3, 0.4) is 0 Å². The van der Waals surface area contributed by atoms with Gasteiger partial charge < -0.3 is 4.57 Å². The van der Waals surface area contributed by atoms with Crippen LogP contribution < -0.4 is 0 Å². The Morgan fingerprint density at radius 1 is 0.889 bits per heavy atom. The predicted octanol–water partition coefficient (Wildman–Crippen LogP) is 4.03. The molecule has 5 heteroatoms. The van der Waals surface area contributed by atoms with Crippen molar-refractivity contribution in [2.45, 2.75) is 25.4 Å². The summed E-state index contributed by atoms with van der Waals surface area (Å²) in [5, 5.41) is 4.47. The van der Waals surface area contributed by atoms with E-state index in [1.807, 2.05) is 23.0 Å². The highest BCUT2D eigenvalue weighted by Crippen LogP contribution is 2.29. The second kappa shape index (κ2) is 7.00. The molecule has 0 aliphatic carbocycles. The molecule has 27 heavy (non-hydrogen) atoms. The van der Waals surface area contributed by atoms with Gasteiger partial charge in [0.05, 0.1) is 11.7 Å². The summed E-state index contributed by atoms with van der Waals surface area (Å²) >= 11 is 0. The third kappa shape index (κ3) is 3.15. The highest BCUT2D eigenvalue weighted by Gasteiger charge is 2.23. The summed E-state index contributed by atoms with van der Waals surface area (Å²) in [4.78, 5) is 7.22. The maximum Gasteiger partial charge on any atom is 0.158 e. The van der Waals surface area contributed by atoms with Crippen molar-refractivity contribution in [1.82, 2.24) is 24.1 Å². The molecule has 3 aromatic heterocycles. The van der Waals surface area contributed by atoms with Gasteiger partial charge in [0.15, 0.2) is 5.82 Å². The standard InChI is InChI=1S/C22H23N5/c1-2-5-18(6-3-1)17-25-14-10-19(11-15-25)26-16-13-23-22(26)21-8-4-7-20-9-12-24-27(20)21/h1-9,12-13,16,19H,10-11,14-15,17H2. The molecule has 1 aliphatic rings. The van der Waals surface area contributed by atoms with Crippen LogP contribution in [0, 0.1) is 0 Å². The summed E-state index contributed by atoms with van der Waals surface area (Å²) < 4.78 is 4.32. The Hall–Kier alpha value is -2.92. The summed E-state index contributed by atoms with van der Waals surface area (Å²) in [7, 11) is 0. The summed E-state index contributed by atoms with van der Waals surface area (Å²) in [5.41, 5.74) is 3.54. The Bertz CT molecular complexity index is 1020. The number of aromatic nitrogens is 4. The Morgan fingerprint density at radius 2 is 1.74 bits per heavy atom. The third-order valence-electron chi connectivity index (χ3n) is 5.52. The maximum absolute atomic E-state index is 4.67. The summed E-state index contributed by atoms with van der Waals surface area (Å²) in [6.07, 6.45) is 8.16. The van der Waals surface area contributed by atoms with Gasteiger partial charge in [-0.15, -0.1) is 0 Å². The Balaban J connectivity index is 1.34. The third-order valence-corrected chi connectivity index (χ3v) is 5.52. The maximum atomic E-state index is 4.67. The van der Waals surface area contributed by atoms with Gasteiger partial charge in [-0.2, -0.15) is 5.10 Å². The molecule has 0 saturated carbocycles. The van der Waals surface area contributed by atoms with Gasteiger partial charge in [-0.3, -0.25) is 4.90 Å². The minimum Gasteiger partial charge on any atom is -0.327 e. The van der Waals surface area contributed by atoms with Gasteiger partial charge in [-0.05, 0) is 36.6 Å². The lowest BCUT2D eigenvalue weighted by molar-refractivity contribution is 0.180. The van der Waals surface area contributed by atoms with Crippen LogP contribution in [0.15, 0.2) is 73.2 Å². The van der Waals surface area contributed by atoms with Gasteiger partial charge in [-0.1, -0.05) is 36.4 Å². The Morgan fingerprint density at radius 3 is 2.59 bits per heavy atom. The average molecular weight is 357 g/mol. The van der Waals surface area contributed by atoms with Gasteiger partial charge in [0.2, 0.25) is 0 Å². The molecule has 5 rings (SSSR count). The summed E-state index contributed by atoms with van der Waals surface area (Å²) in [6.45, 7) is 3.27. The van der Waals surface area contributed by atoms with Gasteiger partial charge in [0.1, 0.15) is 5.69 Å². The van der Waals surface area contributed by atoms with Crippen LogP contribution >= 0.6 is 0 Å². The zero-order valence-electron chi connectivity index (χ0n) is 15.3. The molecule has 1 aliphatic heterocycles. The highest BCUT2D eigenvalue weighted by molar-refractivity contribution is 5.59. The van der Waals surface area contributed by atoms with E-state index in [2.05, 4.69) is 74.3 Å². The van der Waals surface area contributed by atoms with Gasteiger partial charge >= 0.3 is 0 Å². The molecular formula is C22H23N5. The van der Waals surface area contributed by atoms with Crippen molar-refractivity contribution in [2.75, 3.05) is 13.1 Å². The largest absolute Gasteiger partial charge is 0.327 e. The topological polar surface area (TPSA) is 38.4 Å². The molecule has 1 saturated heterocycles. The number of benzene rings is 1. The number of hydrogen-bond donors (Lipinski definition) is 0. The van der Waals surface area contributed by atoms with Crippen LogP contribution in [-0.2, 0) is 6.54 Å². The predicted molar refractivity (Wildman–Crippen MR) is 106 cm³/mol. The van der Waals surface area contributed by atoms with E-state index >= 15 is 0 Å². The molecule has 4 heterocycles. The minimum atomic E-state index is 0.486. The molecule has 1 aromatic carbocycles. The lowest BCUT2D eigenvalue weighted by Crippen LogP contribution is -2.34. The fourth-order valence-corrected chi connectivity index (χ4v) is 4.12. The van der Waals surface area contributed by atoms with Crippen molar-refractivity contribution < 1.29 is 0 Å². The quantitative estimate of drug-likeness (QED) is 0.553. The zero-order valence-corrected chi connectivity index (χ0v) is 15.3. The summed E-state index contributed by atoms with van der Waals surface area (Å²) in [6, 6.07) is 19.5. The second-order valence-electron chi connectivity index (χ2n) is 7.23. The fourth-order valence-electron chi connectivity index (χ4n) is 4.12. The van der Waals surface area contributed by atoms with E-state index in [4.69, 9.17) is 0 Å². The number of hydrogen-bond acceptors (Lipinski definition) is 3. The van der Waals surface area contributed by atoms with E-state index in [0.717, 1.165) is 49.5 Å². The Kier molecular flexibility index (Phi) is 4.22. The van der Waals surface area contributed by atoms with Gasteiger partial charge in [0, 0.05) is 38.1 Å². The van der Waals surface area contributed by atoms with Crippen molar-refractivity contribution in [3.63, 3.8) is 0 Å². The van der Waals surface area contributed by atoms with E-state index in [0.29, 0.717) is 6.04 Å². The molecule has 4 aromatic rings. The number of piperidine rings is 1. The van der Waals surface area contributed by atoms with Crippen molar-refractivity contribution in [2.24, 2.45) is 0 Å². The first-order valence-corrected chi connectivity index (χ1v) is 9.61. The molecule has 0 unspecified atom stereocenters.